The van der Waals surface area contributed by atoms with Crippen molar-refractivity contribution < 1.29 is 0 Å². The summed E-state index contributed by atoms with van der Waals surface area (Å²) in [6, 6.07) is 4.25. The van der Waals surface area contributed by atoms with E-state index < -0.39 is 0 Å². The van der Waals surface area contributed by atoms with Crippen molar-refractivity contribution >= 4 is 27.3 Å². The molecule has 0 unspecified atom stereocenters. The number of rotatable bonds is 4. The predicted octanol–water partition coefficient (Wildman–Crippen LogP) is 3.35. The van der Waals surface area contributed by atoms with E-state index in [4.69, 9.17) is 5.73 Å². The molecule has 0 aliphatic heterocycles. The molecule has 2 N–H and O–H groups in total. The van der Waals surface area contributed by atoms with Gasteiger partial charge in [0.1, 0.15) is 0 Å². The fourth-order valence-corrected chi connectivity index (χ4v) is 2.70. The van der Waals surface area contributed by atoms with Gasteiger partial charge in [0.2, 0.25) is 0 Å². The Morgan fingerprint density at radius 1 is 1.62 bits per heavy atom. The second-order valence-electron chi connectivity index (χ2n) is 3.01. The molecule has 0 amide bonds. The standard InChI is InChI=1S/C10H14BrNS/c1-8(3-2-6-12)7-9-4-5-10(11)13-9/h3-5H,2,6-7,12H2,1H3. The highest BCUT2D eigenvalue weighted by molar-refractivity contribution is 9.11. The largest absolute Gasteiger partial charge is 0.330 e. The van der Waals surface area contributed by atoms with Gasteiger partial charge in [-0.1, -0.05) is 11.6 Å². The monoisotopic (exact) mass is 259 g/mol. The van der Waals surface area contributed by atoms with Gasteiger partial charge in [0.05, 0.1) is 3.79 Å². The van der Waals surface area contributed by atoms with Crippen LogP contribution in [0.5, 0.6) is 0 Å². The highest BCUT2D eigenvalue weighted by Gasteiger charge is 1.97. The summed E-state index contributed by atoms with van der Waals surface area (Å²) in [5, 5.41) is 0. The molecule has 0 aliphatic rings. The quantitative estimate of drug-likeness (QED) is 0.825. The van der Waals surface area contributed by atoms with Crippen LogP contribution in [0.1, 0.15) is 18.2 Å². The van der Waals surface area contributed by atoms with Crippen LogP contribution < -0.4 is 5.73 Å². The Balaban J connectivity index is 2.49. The van der Waals surface area contributed by atoms with E-state index in [1.807, 2.05) is 0 Å². The maximum atomic E-state index is 5.42. The summed E-state index contributed by atoms with van der Waals surface area (Å²) in [5.74, 6) is 0. The number of hydrogen-bond acceptors (Lipinski definition) is 2. The van der Waals surface area contributed by atoms with E-state index >= 15 is 0 Å². The van der Waals surface area contributed by atoms with Crippen LogP contribution in [0, 0.1) is 0 Å². The molecular weight excluding hydrogens is 246 g/mol. The normalized spacial score (nSPS) is 12.1. The first-order valence-corrected chi connectivity index (χ1v) is 5.93. The Hall–Kier alpha value is -0.120. The highest BCUT2D eigenvalue weighted by Crippen LogP contribution is 2.24. The molecule has 0 radical (unpaired) electrons. The highest BCUT2D eigenvalue weighted by atomic mass is 79.9. The third-order valence-electron chi connectivity index (χ3n) is 1.74. The average Bonchev–Trinajstić information content (AvgIpc) is 2.48. The second kappa shape index (κ2) is 5.58. The van der Waals surface area contributed by atoms with Gasteiger partial charge >= 0.3 is 0 Å². The van der Waals surface area contributed by atoms with Crippen LogP contribution in [0.3, 0.4) is 0 Å². The molecule has 1 heterocycles. The predicted molar refractivity (Wildman–Crippen MR) is 63.2 cm³/mol. The van der Waals surface area contributed by atoms with Crippen LogP contribution in [-0.2, 0) is 6.42 Å². The van der Waals surface area contributed by atoms with Crippen molar-refractivity contribution in [2.75, 3.05) is 6.54 Å². The molecule has 0 saturated heterocycles. The van der Waals surface area contributed by atoms with Gasteiger partial charge in [0, 0.05) is 11.3 Å². The molecule has 1 aromatic rings. The third kappa shape index (κ3) is 4.07. The molecule has 0 aromatic carbocycles. The molecule has 1 rings (SSSR count). The molecule has 1 nitrogen and oxygen atoms in total. The van der Waals surface area contributed by atoms with Gasteiger partial charge in [-0.3, -0.25) is 0 Å². The summed E-state index contributed by atoms with van der Waals surface area (Å²) in [5.41, 5.74) is 6.83. The van der Waals surface area contributed by atoms with Crippen LogP contribution in [0.4, 0.5) is 0 Å². The van der Waals surface area contributed by atoms with Crippen molar-refractivity contribution in [2.24, 2.45) is 5.73 Å². The first-order valence-electron chi connectivity index (χ1n) is 4.32. The molecular formula is C10H14BrNS. The number of nitrogens with two attached hydrogens (primary N) is 1. The summed E-state index contributed by atoms with van der Waals surface area (Å²) in [6.07, 6.45) is 4.25. The molecule has 0 fully saturated rings. The molecule has 0 aliphatic carbocycles. The lowest BCUT2D eigenvalue weighted by Crippen LogP contribution is -1.96. The fraction of sp³-hybridized carbons (Fsp3) is 0.400. The first kappa shape index (κ1) is 11.0. The zero-order chi connectivity index (χ0) is 9.68. The number of halogens is 1. The van der Waals surface area contributed by atoms with E-state index in [9.17, 15) is 0 Å². The molecule has 0 saturated carbocycles. The minimum Gasteiger partial charge on any atom is -0.330 e. The van der Waals surface area contributed by atoms with E-state index in [1.165, 1.54) is 14.2 Å². The summed E-state index contributed by atoms with van der Waals surface area (Å²) >= 11 is 5.25. The van der Waals surface area contributed by atoms with Gasteiger partial charge in [-0.25, -0.2) is 0 Å². The maximum absolute atomic E-state index is 5.42. The molecule has 0 bridgehead atoms. The topological polar surface area (TPSA) is 26.0 Å². The first-order chi connectivity index (χ1) is 6.22. The van der Waals surface area contributed by atoms with Gasteiger partial charge < -0.3 is 5.73 Å². The van der Waals surface area contributed by atoms with Crippen molar-refractivity contribution in [3.05, 3.63) is 32.4 Å². The Bertz CT molecular complexity index is 291. The van der Waals surface area contributed by atoms with Crippen LogP contribution in [0.2, 0.25) is 0 Å². The van der Waals surface area contributed by atoms with Crippen LogP contribution >= 0.6 is 27.3 Å². The van der Waals surface area contributed by atoms with Gasteiger partial charge in [-0.05, 0) is 48.0 Å². The van der Waals surface area contributed by atoms with Gasteiger partial charge in [0.25, 0.3) is 0 Å². The van der Waals surface area contributed by atoms with Crippen molar-refractivity contribution in [1.82, 2.24) is 0 Å². The van der Waals surface area contributed by atoms with Crippen molar-refractivity contribution in [3.63, 3.8) is 0 Å². The smallest absolute Gasteiger partial charge is 0.0701 e. The SMILES string of the molecule is CC(=CCCN)Cc1ccc(Br)s1. The summed E-state index contributed by atoms with van der Waals surface area (Å²) < 4.78 is 1.20. The van der Waals surface area contributed by atoms with Crippen LogP contribution in [0.25, 0.3) is 0 Å². The van der Waals surface area contributed by atoms with Crippen LogP contribution in [-0.4, -0.2) is 6.54 Å². The summed E-state index contributed by atoms with van der Waals surface area (Å²) in [4.78, 5) is 1.40. The minimum absolute atomic E-state index is 0.742. The van der Waals surface area contributed by atoms with E-state index in [1.54, 1.807) is 11.3 Å². The Kier molecular flexibility index (Phi) is 4.70. The Morgan fingerprint density at radius 2 is 2.38 bits per heavy atom. The lowest BCUT2D eigenvalue weighted by atomic mass is 10.1. The Labute approximate surface area is 91.8 Å². The minimum atomic E-state index is 0.742. The van der Waals surface area contributed by atoms with Crippen LogP contribution in [0.15, 0.2) is 27.6 Å². The molecule has 0 atom stereocenters. The Morgan fingerprint density at radius 3 is 2.92 bits per heavy atom. The second-order valence-corrected chi connectivity index (χ2v) is 5.56. The molecule has 72 valence electrons. The molecule has 3 heteroatoms. The fourth-order valence-electron chi connectivity index (χ4n) is 1.12. The van der Waals surface area contributed by atoms with Gasteiger partial charge in [-0.2, -0.15) is 0 Å². The molecule has 0 spiro atoms. The van der Waals surface area contributed by atoms with E-state index in [0.29, 0.717) is 0 Å². The average molecular weight is 260 g/mol. The molecule has 1 aromatic heterocycles. The number of hydrogen-bond donors (Lipinski definition) is 1. The third-order valence-corrected chi connectivity index (χ3v) is 3.37. The lowest BCUT2D eigenvalue weighted by Gasteiger charge is -1.97. The van der Waals surface area contributed by atoms with Gasteiger partial charge in [0.15, 0.2) is 0 Å². The van der Waals surface area contributed by atoms with Crippen molar-refractivity contribution in [2.45, 2.75) is 19.8 Å². The van der Waals surface area contributed by atoms with Gasteiger partial charge in [-0.15, -0.1) is 11.3 Å². The van der Waals surface area contributed by atoms with E-state index in [0.717, 1.165) is 19.4 Å². The number of thiophene rings is 1. The van der Waals surface area contributed by atoms with E-state index in [2.05, 4.69) is 41.1 Å². The zero-order valence-electron chi connectivity index (χ0n) is 7.72. The maximum Gasteiger partial charge on any atom is 0.0701 e. The molecule has 13 heavy (non-hydrogen) atoms. The summed E-state index contributed by atoms with van der Waals surface area (Å²) in [6.45, 7) is 2.90. The number of allylic oxidation sites excluding steroid dienone is 1. The van der Waals surface area contributed by atoms with Crippen molar-refractivity contribution in [1.29, 1.82) is 0 Å². The lowest BCUT2D eigenvalue weighted by molar-refractivity contribution is 0.984. The van der Waals surface area contributed by atoms with Crippen molar-refractivity contribution in [3.8, 4) is 0 Å². The summed E-state index contributed by atoms with van der Waals surface area (Å²) in [7, 11) is 0. The van der Waals surface area contributed by atoms with E-state index in [-0.39, 0.29) is 0 Å². The zero-order valence-corrected chi connectivity index (χ0v) is 10.1.